The van der Waals surface area contributed by atoms with Crippen molar-refractivity contribution in [2.75, 3.05) is 0 Å². The van der Waals surface area contributed by atoms with Crippen LogP contribution in [0.1, 0.15) is 20.3 Å². The predicted molar refractivity (Wildman–Crippen MR) is 99.7 cm³/mol. The maximum atomic E-state index is 12.7. The largest absolute Gasteiger partial charge is 0.461 e. The van der Waals surface area contributed by atoms with E-state index in [0.29, 0.717) is 17.9 Å². The lowest BCUT2D eigenvalue weighted by atomic mass is 9.70. The first kappa shape index (κ1) is 20.0. The molecule has 0 aromatic rings. The molecular weight excluding hydrogens is 582 g/mol. The van der Waals surface area contributed by atoms with Crippen LogP contribution in [0.4, 0.5) is 0 Å². The number of esters is 1. The van der Waals surface area contributed by atoms with E-state index in [0.717, 1.165) is 0 Å². The molecule has 0 bridgehead atoms. The Morgan fingerprint density at radius 2 is 1.79 bits per heavy atom. The minimum absolute atomic E-state index is 0.351. The zero-order chi connectivity index (χ0) is 18.4. The molecular formula is C14H11Br4NO5. The van der Waals surface area contributed by atoms with E-state index in [2.05, 4.69) is 69.0 Å². The van der Waals surface area contributed by atoms with Crippen LogP contribution >= 0.6 is 63.7 Å². The molecule has 1 aliphatic carbocycles. The van der Waals surface area contributed by atoms with Crippen molar-refractivity contribution < 1.29 is 23.9 Å². The normalized spacial score (nSPS) is 27.8. The van der Waals surface area contributed by atoms with Gasteiger partial charge in [-0.15, -0.1) is 0 Å². The number of amides is 2. The van der Waals surface area contributed by atoms with Gasteiger partial charge >= 0.3 is 5.97 Å². The standard InChI is InChI=1S/C14H11Br4NO5/c1-4(20)3-6(21)24-5(2)14-7(12(22)19-13(14)23)8(15)9(16)10(17)11(14)18/h5,7H,3H2,1-2H3,(H,19,22,23). The summed E-state index contributed by atoms with van der Waals surface area (Å²) >= 11 is 13.4. The zero-order valence-corrected chi connectivity index (χ0v) is 18.8. The summed E-state index contributed by atoms with van der Waals surface area (Å²) in [4.78, 5) is 48.0. The number of ether oxygens (including phenoxy) is 1. The number of fused-ring (bicyclic) bond motifs is 1. The van der Waals surface area contributed by atoms with Gasteiger partial charge < -0.3 is 4.74 Å². The van der Waals surface area contributed by atoms with E-state index in [1.807, 2.05) is 0 Å². The summed E-state index contributed by atoms with van der Waals surface area (Å²) in [6.07, 6.45) is -1.39. The van der Waals surface area contributed by atoms with Gasteiger partial charge in [-0.3, -0.25) is 24.5 Å². The highest BCUT2D eigenvalue weighted by atomic mass is 79.9. The molecule has 1 fully saturated rings. The molecule has 0 saturated carbocycles. The number of nitrogens with one attached hydrogen (secondary N) is 1. The third kappa shape index (κ3) is 2.99. The molecule has 2 aliphatic rings. The number of allylic oxidation sites excluding steroid dienone is 2. The van der Waals surface area contributed by atoms with Crippen LogP contribution in [0.3, 0.4) is 0 Å². The van der Waals surface area contributed by atoms with E-state index in [-0.39, 0.29) is 5.78 Å². The second-order valence-electron chi connectivity index (χ2n) is 5.42. The van der Waals surface area contributed by atoms with Gasteiger partial charge in [0.15, 0.2) is 0 Å². The molecule has 0 aromatic heterocycles. The molecule has 1 aliphatic heterocycles. The summed E-state index contributed by atoms with van der Waals surface area (Å²) < 4.78 is 7.23. The number of ketones is 1. The number of Topliss-reactive ketones (excluding diaryl/α,β-unsaturated/α-hetero) is 1. The number of hydrogen-bond acceptors (Lipinski definition) is 5. The van der Waals surface area contributed by atoms with Crippen LogP contribution in [0.5, 0.6) is 0 Å². The van der Waals surface area contributed by atoms with Crippen molar-refractivity contribution in [1.29, 1.82) is 0 Å². The number of rotatable bonds is 4. The first-order chi connectivity index (χ1) is 11.0. The fourth-order valence-electron chi connectivity index (χ4n) is 2.81. The molecule has 3 atom stereocenters. The molecule has 6 nitrogen and oxygen atoms in total. The first-order valence-electron chi connectivity index (χ1n) is 6.70. The van der Waals surface area contributed by atoms with Crippen molar-refractivity contribution in [3.8, 4) is 0 Å². The van der Waals surface area contributed by atoms with Gasteiger partial charge in [0.25, 0.3) is 0 Å². The molecule has 1 saturated heterocycles. The Hall–Kier alpha value is -0.320. The molecule has 0 radical (unpaired) electrons. The van der Waals surface area contributed by atoms with Gasteiger partial charge in [-0.05, 0) is 45.7 Å². The van der Waals surface area contributed by atoms with Crippen LogP contribution in [0.25, 0.3) is 0 Å². The van der Waals surface area contributed by atoms with Crippen molar-refractivity contribution in [2.45, 2.75) is 26.4 Å². The van der Waals surface area contributed by atoms with Crippen LogP contribution in [-0.4, -0.2) is 29.7 Å². The fourth-order valence-corrected chi connectivity index (χ4v) is 6.01. The Balaban J connectivity index is 2.54. The number of halogens is 4. The summed E-state index contributed by atoms with van der Waals surface area (Å²) in [5, 5.41) is 2.29. The number of carbonyl (C=O) groups excluding carboxylic acids is 4. The van der Waals surface area contributed by atoms with Gasteiger partial charge in [-0.1, -0.05) is 31.9 Å². The lowest BCUT2D eigenvalue weighted by Crippen LogP contribution is -2.48. The monoisotopic (exact) mass is 589 g/mol. The molecule has 0 aromatic carbocycles. The topological polar surface area (TPSA) is 89.5 Å². The van der Waals surface area contributed by atoms with E-state index >= 15 is 0 Å². The van der Waals surface area contributed by atoms with Gasteiger partial charge in [-0.25, -0.2) is 0 Å². The summed E-state index contributed by atoms with van der Waals surface area (Å²) in [6, 6.07) is 0. The van der Waals surface area contributed by atoms with Crippen LogP contribution < -0.4 is 5.32 Å². The first-order valence-corrected chi connectivity index (χ1v) is 9.87. The molecule has 130 valence electrons. The number of carbonyl (C=O) groups is 4. The molecule has 0 spiro atoms. The van der Waals surface area contributed by atoms with Crippen molar-refractivity contribution in [2.24, 2.45) is 11.3 Å². The smallest absolute Gasteiger partial charge is 0.313 e. The summed E-state index contributed by atoms with van der Waals surface area (Å²) in [5.74, 6) is -3.10. The van der Waals surface area contributed by atoms with Gasteiger partial charge in [0.1, 0.15) is 23.7 Å². The van der Waals surface area contributed by atoms with Crippen molar-refractivity contribution in [3.63, 3.8) is 0 Å². The van der Waals surface area contributed by atoms with Crippen molar-refractivity contribution in [1.82, 2.24) is 5.32 Å². The molecule has 3 unspecified atom stereocenters. The minimum atomic E-state index is -1.46. The van der Waals surface area contributed by atoms with Crippen LogP contribution in [-0.2, 0) is 23.9 Å². The van der Waals surface area contributed by atoms with E-state index in [4.69, 9.17) is 4.74 Å². The van der Waals surface area contributed by atoms with E-state index < -0.39 is 41.6 Å². The molecule has 1 N–H and O–H groups in total. The van der Waals surface area contributed by atoms with E-state index in [9.17, 15) is 19.2 Å². The molecule has 2 amide bonds. The second-order valence-corrected chi connectivity index (χ2v) is 8.65. The molecule has 2 rings (SSSR count). The maximum Gasteiger partial charge on any atom is 0.313 e. The lowest BCUT2D eigenvalue weighted by molar-refractivity contribution is -0.158. The summed E-state index contributed by atoms with van der Waals surface area (Å²) in [6.45, 7) is 2.78. The lowest BCUT2D eigenvalue weighted by Gasteiger charge is -2.39. The zero-order valence-electron chi connectivity index (χ0n) is 12.4. The highest BCUT2D eigenvalue weighted by Gasteiger charge is 2.65. The van der Waals surface area contributed by atoms with Gasteiger partial charge in [0, 0.05) is 17.9 Å². The SMILES string of the molecule is CC(=O)CC(=O)OC(C)C12C(=O)NC(=O)C1C(Br)=C(Br)C(Br)=C2Br. The molecule has 1 heterocycles. The average molecular weight is 593 g/mol. The Morgan fingerprint density at radius 1 is 1.21 bits per heavy atom. The van der Waals surface area contributed by atoms with Crippen molar-refractivity contribution in [3.05, 3.63) is 17.9 Å². The van der Waals surface area contributed by atoms with E-state index in [1.165, 1.54) is 13.8 Å². The minimum Gasteiger partial charge on any atom is -0.461 e. The Morgan fingerprint density at radius 3 is 2.33 bits per heavy atom. The average Bonchev–Trinajstić information content (AvgIpc) is 2.73. The highest BCUT2D eigenvalue weighted by Crippen LogP contribution is 2.59. The number of hydrogen-bond donors (Lipinski definition) is 1. The van der Waals surface area contributed by atoms with Crippen LogP contribution in [0, 0.1) is 11.3 Å². The third-order valence-electron chi connectivity index (χ3n) is 3.88. The summed E-state index contributed by atoms with van der Waals surface area (Å²) in [5.41, 5.74) is -1.46. The third-order valence-corrected chi connectivity index (χ3v) is 9.00. The Kier molecular flexibility index (Phi) is 5.94. The molecule has 24 heavy (non-hydrogen) atoms. The van der Waals surface area contributed by atoms with Crippen LogP contribution in [0.15, 0.2) is 17.9 Å². The Labute approximate surface area is 171 Å². The quantitative estimate of drug-likeness (QED) is 0.308. The van der Waals surface area contributed by atoms with Gasteiger partial charge in [-0.2, -0.15) is 0 Å². The van der Waals surface area contributed by atoms with Gasteiger partial charge in [0.2, 0.25) is 11.8 Å². The van der Waals surface area contributed by atoms with E-state index in [1.54, 1.807) is 0 Å². The fraction of sp³-hybridized carbons (Fsp3) is 0.429. The number of imide groups is 1. The predicted octanol–water partition coefficient (Wildman–Crippen LogP) is 3.17. The molecule has 10 heteroatoms. The second kappa shape index (κ2) is 7.13. The Bertz CT molecular complexity index is 729. The van der Waals surface area contributed by atoms with Gasteiger partial charge in [0.05, 0.1) is 5.92 Å². The maximum absolute atomic E-state index is 12.7. The summed E-state index contributed by atoms with van der Waals surface area (Å²) in [7, 11) is 0. The highest BCUT2D eigenvalue weighted by molar-refractivity contribution is 9.17. The van der Waals surface area contributed by atoms with Crippen LogP contribution in [0.2, 0.25) is 0 Å². The van der Waals surface area contributed by atoms with Crippen molar-refractivity contribution >= 4 is 87.3 Å².